The molecule has 23 heavy (non-hydrogen) atoms. The average molecular weight is 341 g/mol. The van der Waals surface area contributed by atoms with Gasteiger partial charge in [0.25, 0.3) is 0 Å². The quantitative estimate of drug-likeness (QED) is 0.623. The zero-order valence-electron chi connectivity index (χ0n) is 14.4. The SMILES string of the molecule is CC(C)S(=O)(=O)CCCCCCCc1ccc2c(c1)CC(F)C2. The summed E-state index contributed by atoms with van der Waals surface area (Å²) in [5, 5.41) is -0.258. The summed E-state index contributed by atoms with van der Waals surface area (Å²) in [6.07, 6.45) is 6.60. The Balaban J connectivity index is 1.61. The highest BCUT2D eigenvalue weighted by Crippen LogP contribution is 2.25. The Morgan fingerprint density at radius 2 is 1.70 bits per heavy atom. The second kappa shape index (κ2) is 8.27. The Morgan fingerprint density at radius 3 is 2.43 bits per heavy atom. The zero-order valence-corrected chi connectivity index (χ0v) is 15.2. The summed E-state index contributed by atoms with van der Waals surface area (Å²) in [6.45, 7) is 3.49. The molecule has 0 N–H and O–H groups in total. The molecule has 2 nitrogen and oxygen atoms in total. The molecular weight excluding hydrogens is 311 g/mol. The van der Waals surface area contributed by atoms with Crippen LogP contribution in [0.1, 0.15) is 62.6 Å². The first-order chi connectivity index (χ1) is 10.9. The van der Waals surface area contributed by atoms with Crippen LogP contribution in [0, 0.1) is 0 Å². The van der Waals surface area contributed by atoms with Crippen LogP contribution in [-0.2, 0) is 29.1 Å². The predicted molar refractivity (Wildman–Crippen MR) is 94.5 cm³/mol. The first kappa shape index (κ1) is 18.4. The summed E-state index contributed by atoms with van der Waals surface area (Å²) in [5.74, 6) is 0.319. The summed E-state index contributed by atoms with van der Waals surface area (Å²) in [4.78, 5) is 0. The summed E-state index contributed by atoms with van der Waals surface area (Å²) in [6, 6.07) is 6.39. The van der Waals surface area contributed by atoms with Gasteiger partial charge in [-0.25, -0.2) is 12.8 Å². The van der Waals surface area contributed by atoms with Crippen LogP contribution in [0.5, 0.6) is 0 Å². The van der Waals surface area contributed by atoms with E-state index in [1.165, 1.54) is 16.7 Å². The number of hydrogen-bond donors (Lipinski definition) is 0. The van der Waals surface area contributed by atoms with E-state index in [-0.39, 0.29) is 5.25 Å². The van der Waals surface area contributed by atoms with Crippen molar-refractivity contribution in [2.24, 2.45) is 0 Å². The number of rotatable bonds is 9. The van der Waals surface area contributed by atoms with Crippen LogP contribution in [0.4, 0.5) is 4.39 Å². The van der Waals surface area contributed by atoms with Gasteiger partial charge in [0.05, 0.1) is 11.0 Å². The molecule has 1 aromatic rings. The average Bonchev–Trinajstić information content (AvgIpc) is 2.85. The molecule has 0 radical (unpaired) electrons. The normalized spacial score (nSPS) is 17.7. The Bertz CT molecular complexity index is 608. The molecule has 0 bridgehead atoms. The van der Waals surface area contributed by atoms with E-state index in [0.717, 1.165) is 38.5 Å². The van der Waals surface area contributed by atoms with Crippen molar-refractivity contribution >= 4 is 9.84 Å². The van der Waals surface area contributed by atoms with Crippen molar-refractivity contribution < 1.29 is 12.8 Å². The van der Waals surface area contributed by atoms with Crippen LogP contribution in [0.25, 0.3) is 0 Å². The van der Waals surface area contributed by atoms with Crippen LogP contribution in [-0.4, -0.2) is 25.6 Å². The molecule has 0 saturated carbocycles. The van der Waals surface area contributed by atoms with Gasteiger partial charge in [-0.05, 0) is 49.8 Å². The van der Waals surface area contributed by atoms with Crippen molar-refractivity contribution in [3.8, 4) is 0 Å². The number of halogens is 1. The Morgan fingerprint density at radius 1 is 1.04 bits per heavy atom. The van der Waals surface area contributed by atoms with Gasteiger partial charge in [-0.15, -0.1) is 0 Å². The zero-order chi connectivity index (χ0) is 16.9. The van der Waals surface area contributed by atoms with Crippen LogP contribution in [0.15, 0.2) is 18.2 Å². The molecule has 4 heteroatoms. The van der Waals surface area contributed by atoms with Crippen LogP contribution < -0.4 is 0 Å². The third kappa shape index (κ3) is 5.59. The molecule has 1 aliphatic rings. The molecule has 130 valence electrons. The van der Waals surface area contributed by atoms with Gasteiger partial charge in [-0.2, -0.15) is 0 Å². The van der Waals surface area contributed by atoms with Crippen molar-refractivity contribution in [3.05, 3.63) is 34.9 Å². The van der Waals surface area contributed by atoms with Crippen molar-refractivity contribution in [2.45, 2.75) is 76.6 Å². The minimum Gasteiger partial charge on any atom is -0.247 e. The fourth-order valence-electron chi connectivity index (χ4n) is 3.17. The van der Waals surface area contributed by atoms with Gasteiger partial charge in [-0.1, -0.05) is 37.5 Å². The minimum atomic E-state index is -2.87. The molecule has 0 aliphatic heterocycles. The molecule has 0 aromatic heterocycles. The number of alkyl halides is 1. The number of benzene rings is 1. The molecule has 1 atom stereocenters. The van der Waals surface area contributed by atoms with E-state index in [4.69, 9.17) is 0 Å². The lowest BCUT2D eigenvalue weighted by Crippen LogP contribution is -2.17. The van der Waals surface area contributed by atoms with Gasteiger partial charge in [0.15, 0.2) is 9.84 Å². The maximum Gasteiger partial charge on any atom is 0.152 e. The smallest absolute Gasteiger partial charge is 0.152 e. The van der Waals surface area contributed by atoms with Crippen LogP contribution in [0.2, 0.25) is 0 Å². The standard InChI is InChI=1S/C19H29FO2S/c1-15(2)23(21,22)11-7-5-3-4-6-8-16-9-10-17-13-19(20)14-18(17)12-16/h9-10,12,15,19H,3-8,11,13-14H2,1-2H3. The lowest BCUT2D eigenvalue weighted by atomic mass is 10.0. The van der Waals surface area contributed by atoms with Gasteiger partial charge >= 0.3 is 0 Å². The van der Waals surface area contributed by atoms with E-state index in [0.29, 0.717) is 18.6 Å². The second-order valence-electron chi connectivity index (χ2n) is 7.04. The lowest BCUT2D eigenvalue weighted by molar-refractivity contribution is 0.349. The van der Waals surface area contributed by atoms with Gasteiger partial charge in [0.2, 0.25) is 0 Å². The van der Waals surface area contributed by atoms with Gasteiger partial charge in [-0.3, -0.25) is 0 Å². The van der Waals surface area contributed by atoms with E-state index in [1.807, 2.05) is 0 Å². The van der Waals surface area contributed by atoms with Crippen molar-refractivity contribution in [2.75, 3.05) is 5.75 Å². The summed E-state index contributed by atoms with van der Waals surface area (Å²) >= 11 is 0. The van der Waals surface area contributed by atoms with Crippen molar-refractivity contribution in [1.82, 2.24) is 0 Å². The number of aryl methyl sites for hydroxylation is 1. The summed E-state index contributed by atoms with van der Waals surface area (Å²) in [7, 11) is -2.87. The largest absolute Gasteiger partial charge is 0.247 e. The molecular formula is C19H29FO2S. The molecule has 0 saturated heterocycles. The fourth-order valence-corrected chi connectivity index (χ4v) is 4.25. The molecule has 1 unspecified atom stereocenters. The highest BCUT2D eigenvalue weighted by atomic mass is 32.2. The Kier molecular flexibility index (Phi) is 6.63. The molecule has 1 aliphatic carbocycles. The minimum absolute atomic E-state index is 0.258. The third-order valence-electron chi connectivity index (χ3n) is 4.77. The van der Waals surface area contributed by atoms with E-state index in [1.54, 1.807) is 13.8 Å². The van der Waals surface area contributed by atoms with Crippen molar-refractivity contribution in [1.29, 1.82) is 0 Å². The molecule has 1 aromatic carbocycles. The van der Waals surface area contributed by atoms with Crippen molar-refractivity contribution in [3.63, 3.8) is 0 Å². The first-order valence-electron chi connectivity index (χ1n) is 8.85. The van der Waals surface area contributed by atoms with E-state index in [2.05, 4.69) is 18.2 Å². The van der Waals surface area contributed by atoms with Crippen LogP contribution in [0.3, 0.4) is 0 Å². The maximum absolute atomic E-state index is 13.4. The number of unbranched alkanes of at least 4 members (excludes halogenated alkanes) is 4. The number of sulfone groups is 1. The molecule has 2 rings (SSSR count). The molecule has 0 fully saturated rings. The number of hydrogen-bond acceptors (Lipinski definition) is 2. The maximum atomic E-state index is 13.4. The van der Waals surface area contributed by atoms with Crippen LogP contribution >= 0.6 is 0 Å². The Hall–Kier alpha value is -0.900. The second-order valence-corrected chi connectivity index (χ2v) is 9.72. The fraction of sp³-hybridized carbons (Fsp3) is 0.684. The molecule has 0 heterocycles. The van der Waals surface area contributed by atoms with Gasteiger partial charge in [0.1, 0.15) is 6.17 Å². The molecule has 0 amide bonds. The third-order valence-corrected chi connectivity index (χ3v) is 7.06. The van der Waals surface area contributed by atoms with Gasteiger partial charge in [0, 0.05) is 12.8 Å². The topological polar surface area (TPSA) is 34.1 Å². The summed E-state index contributed by atoms with van der Waals surface area (Å²) < 4.78 is 36.8. The lowest BCUT2D eigenvalue weighted by Gasteiger charge is -2.07. The highest BCUT2D eigenvalue weighted by molar-refractivity contribution is 7.91. The van der Waals surface area contributed by atoms with E-state index in [9.17, 15) is 12.8 Å². The van der Waals surface area contributed by atoms with E-state index < -0.39 is 16.0 Å². The van der Waals surface area contributed by atoms with E-state index >= 15 is 0 Å². The number of fused-ring (bicyclic) bond motifs is 1. The van der Waals surface area contributed by atoms with Gasteiger partial charge < -0.3 is 0 Å². The predicted octanol–water partition coefficient (Wildman–Crippen LogP) is 4.44. The molecule has 0 spiro atoms. The summed E-state index contributed by atoms with van der Waals surface area (Å²) in [5.41, 5.74) is 3.67. The Labute approximate surface area is 140 Å². The first-order valence-corrected chi connectivity index (χ1v) is 10.6. The monoisotopic (exact) mass is 340 g/mol. The highest BCUT2D eigenvalue weighted by Gasteiger charge is 2.20.